The number of nitrogens with zero attached hydrogens (tertiary/aromatic N) is 2. The van der Waals surface area contributed by atoms with Crippen LogP contribution in [0.25, 0.3) is 0 Å². The van der Waals surface area contributed by atoms with E-state index in [4.69, 9.17) is 23.8 Å². The zero-order chi connectivity index (χ0) is 19.2. The average Bonchev–Trinajstić information content (AvgIpc) is 2.65. The molecule has 0 aromatic heterocycles. The minimum atomic E-state index is -2.88. The first-order valence-corrected chi connectivity index (χ1v) is 9.36. The summed E-state index contributed by atoms with van der Waals surface area (Å²) in [5.41, 5.74) is 1.65. The van der Waals surface area contributed by atoms with Crippen LogP contribution in [0.3, 0.4) is 0 Å². The first-order valence-electron chi connectivity index (χ1n) is 8.58. The molecule has 0 aliphatic carbocycles. The standard InChI is InChI=1S/C19H20ClF2N3OS/c20-15-7-5-14(6-8-15)13-24-9-11-25(12-10-24)19(27)23-16-3-1-2-4-17(16)26-18(21)22/h1-8,18H,9-13H2,(H,23,27). The lowest BCUT2D eigenvalue weighted by atomic mass is 10.2. The minimum Gasteiger partial charge on any atom is -0.433 e. The van der Waals surface area contributed by atoms with Gasteiger partial charge in [-0.2, -0.15) is 8.78 Å². The van der Waals surface area contributed by atoms with Gasteiger partial charge >= 0.3 is 6.61 Å². The number of anilines is 1. The summed E-state index contributed by atoms with van der Waals surface area (Å²) >= 11 is 11.4. The van der Waals surface area contributed by atoms with E-state index in [1.54, 1.807) is 18.2 Å². The number of nitrogens with one attached hydrogen (secondary N) is 1. The number of para-hydroxylation sites is 2. The highest BCUT2D eigenvalue weighted by Gasteiger charge is 2.20. The van der Waals surface area contributed by atoms with Gasteiger partial charge in [0.2, 0.25) is 0 Å². The molecule has 0 spiro atoms. The molecule has 1 N–H and O–H groups in total. The maximum absolute atomic E-state index is 12.5. The molecule has 1 saturated heterocycles. The van der Waals surface area contributed by atoms with Crippen LogP contribution in [0.2, 0.25) is 5.02 Å². The summed E-state index contributed by atoms with van der Waals surface area (Å²) in [4.78, 5) is 4.38. The second-order valence-corrected chi connectivity index (χ2v) is 7.02. The summed E-state index contributed by atoms with van der Waals surface area (Å²) in [5, 5.41) is 4.26. The number of thiocarbonyl (C=S) groups is 1. The Morgan fingerprint density at radius 2 is 1.74 bits per heavy atom. The Bertz CT molecular complexity index is 768. The van der Waals surface area contributed by atoms with Crippen LogP contribution in [-0.4, -0.2) is 47.7 Å². The molecule has 0 saturated carbocycles. The van der Waals surface area contributed by atoms with Crippen molar-refractivity contribution in [2.45, 2.75) is 13.2 Å². The number of rotatable bonds is 5. The molecular weight excluding hydrogens is 392 g/mol. The summed E-state index contributed by atoms with van der Waals surface area (Å²) in [7, 11) is 0. The van der Waals surface area contributed by atoms with Crippen molar-refractivity contribution < 1.29 is 13.5 Å². The van der Waals surface area contributed by atoms with E-state index in [9.17, 15) is 8.78 Å². The molecule has 144 valence electrons. The smallest absolute Gasteiger partial charge is 0.387 e. The Balaban J connectivity index is 1.52. The summed E-state index contributed by atoms with van der Waals surface area (Å²) in [6, 6.07) is 14.4. The van der Waals surface area contributed by atoms with E-state index < -0.39 is 6.61 Å². The Labute approximate surface area is 167 Å². The molecule has 1 aliphatic rings. The number of piperazine rings is 1. The second-order valence-electron chi connectivity index (χ2n) is 6.19. The van der Waals surface area contributed by atoms with E-state index in [0.29, 0.717) is 10.8 Å². The molecule has 8 heteroatoms. The lowest BCUT2D eigenvalue weighted by Gasteiger charge is -2.36. The first kappa shape index (κ1) is 19.8. The number of alkyl halides is 2. The number of halogens is 3. The third kappa shape index (κ3) is 5.76. The number of hydrogen-bond donors (Lipinski definition) is 1. The fourth-order valence-electron chi connectivity index (χ4n) is 2.92. The van der Waals surface area contributed by atoms with Crippen molar-refractivity contribution in [2.24, 2.45) is 0 Å². The Morgan fingerprint density at radius 3 is 2.41 bits per heavy atom. The van der Waals surface area contributed by atoms with E-state index in [1.807, 2.05) is 29.2 Å². The van der Waals surface area contributed by atoms with E-state index in [0.717, 1.165) is 37.7 Å². The van der Waals surface area contributed by atoms with Gasteiger partial charge in [-0.25, -0.2) is 0 Å². The van der Waals surface area contributed by atoms with Crippen molar-refractivity contribution in [3.8, 4) is 5.75 Å². The third-order valence-electron chi connectivity index (χ3n) is 4.32. The van der Waals surface area contributed by atoms with Gasteiger partial charge in [-0.3, -0.25) is 4.90 Å². The Kier molecular flexibility index (Phi) is 6.82. The van der Waals surface area contributed by atoms with Gasteiger partial charge in [-0.05, 0) is 42.0 Å². The molecular formula is C19H20ClF2N3OS. The van der Waals surface area contributed by atoms with E-state index >= 15 is 0 Å². The molecule has 0 unspecified atom stereocenters. The predicted molar refractivity (Wildman–Crippen MR) is 108 cm³/mol. The molecule has 2 aromatic rings. The predicted octanol–water partition coefficient (Wildman–Crippen LogP) is 4.46. The third-order valence-corrected chi connectivity index (χ3v) is 4.94. The number of benzene rings is 2. The first-order chi connectivity index (χ1) is 13.0. The summed E-state index contributed by atoms with van der Waals surface area (Å²) in [6.07, 6.45) is 0. The maximum Gasteiger partial charge on any atom is 0.387 e. The van der Waals surface area contributed by atoms with Gasteiger partial charge in [-0.15, -0.1) is 0 Å². The van der Waals surface area contributed by atoms with Crippen molar-refractivity contribution in [2.75, 3.05) is 31.5 Å². The molecule has 4 nitrogen and oxygen atoms in total. The van der Waals surface area contributed by atoms with Gasteiger partial charge in [0.25, 0.3) is 0 Å². The monoisotopic (exact) mass is 411 g/mol. The summed E-state index contributed by atoms with van der Waals surface area (Å²) in [6.45, 7) is 1.22. The van der Waals surface area contributed by atoms with Crippen molar-refractivity contribution in [1.82, 2.24) is 9.80 Å². The minimum absolute atomic E-state index is 0.0798. The quantitative estimate of drug-likeness (QED) is 0.733. The highest BCUT2D eigenvalue weighted by atomic mass is 35.5. The van der Waals surface area contributed by atoms with Gasteiger partial charge in [-0.1, -0.05) is 35.9 Å². The topological polar surface area (TPSA) is 27.7 Å². The largest absolute Gasteiger partial charge is 0.433 e. The molecule has 1 aliphatic heterocycles. The van der Waals surface area contributed by atoms with Gasteiger partial charge in [0.15, 0.2) is 5.11 Å². The summed E-state index contributed by atoms with van der Waals surface area (Å²) in [5.74, 6) is 0.0798. The van der Waals surface area contributed by atoms with Crippen molar-refractivity contribution in [3.05, 3.63) is 59.1 Å². The van der Waals surface area contributed by atoms with Crippen LogP contribution < -0.4 is 10.1 Å². The van der Waals surface area contributed by atoms with E-state index in [-0.39, 0.29) is 5.75 Å². The average molecular weight is 412 g/mol. The van der Waals surface area contributed by atoms with Gasteiger partial charge < -0.3 is 15.0 Å². The Morgan fingerprint density at radius 1 is 1.07 bits per heavy atom. The van der Waals surface area contributed by atoms with Crippen LogP contribution >= 0.6 is 23.8 Å². The zero-order valence-electron chi connectivity index (χ0n) is 14.6. The Hall–Kier alpha value is -1.96. The van der Waals surface area contributed by atoms with Crippen LogP contribution in [0.15, 0.2) is 48.5 Å². The number of hydrogen-bond acceptors (Lipinski definition) is 3. The van der Waals surface area contributed by atoms with E-state index in [1.165, 1.54) is 11.6 Å². The van der Waals surface area contributed by atoms with Crippen LogP contribution in [0.5, 0.6) is 5.75 Å². The molecule has 3 rings (SSSR count). The lowest BCUT2D eigenvalue weighted by Crippen LogP contribution is -2.49. The SMILES string of the molecule is FC(F)Oc1ccccc1NC(=S)N1CCN(Cc2ccc(Cl)cc2)CC1. The van der Waals surface area contributed by atoms with E-state index in [2.05, 4.69) is 15.0 Å². The second kappa shape index (κ2) is 9.30. The van der Waals surface area contributed by atoms with Crippen molar-refractivity contribution >= 4 is 34.6 Å². The lowest BCUT2D eigenvalue weighted by molar-refractivity contribution is -0.0493. The molecule has 1 heterocycles. The van der Waals surface area contributed by atoms with Crippen LogP contribution in [0, 0.1) is 0 Å². The highest BCUT2D eigenvalue weighted by Crippen LogP contribution is 2.26. The molecule has 0 atom stereocenters. The molecule has 0 amide bonds. The number of ether oxygens (including phenoxy) is 1. The molecule has 0 radical (unpaired) electrons. The van der Waals surface area contributed by atoms with Crippen LogP contribution in [0.4, 0.5) is 14.5 Å². The molecule has 0 bridgehead atoms. The molecule has 1 fully saturated rings. The van der Waals surface area contributed by atoms with Gasteiger partial charge in [0.1, 0.15) is 5.75 Å². The van der Waals surface area contributed by atoms with Gasteiger partial charge in [0.05, 0.1) is 5.69 Å². The van der Waals surface area contributed by atoms with Crippen LogP contribution in [0.1, 0.15) is 5.56 Å². The van der Waals surface area contributed by atoms with Crippen LogP contribution in [-0.2, 0) is 6.54 Å². The molecule has 27 heavy (non-hydrogen) atoms. The highest BCUT2D eigenvalue weighted by molar-refractivity contribution is 7.80. The zero-order valence-corrected chi connectivity index (χ0v) is 16.1. The normalized spacial score (nSPS) is 15.0. The van der Waals surface area contributed by atoms with Crippen molar-refractivity contribution in [1.29, 1.82) is 0 Å². The summed E-state index contributed by atoms with van der Waals surface area (Å²) < 4.78 is 29.6. The molecule has 2 aromatic carbocycles. The van der Waals surface area contributed by atoms with Crippen molar-refractivity contribution in [3.63, 3.8) is 0 Å². The fourth-order valence-corrected chi connectivity index (χ4v) is 3.34. The maximum atomic E-state index is 12.5. The fraction of sp³-hybridized carbons (Fsp3) is 0.316. The van der Waals surface area contributed by atoms with Gasteiger partial charge in [0, 0.05) is 37.7 Å².